The summed E-state index contributed by atoms with van der Waals surface area (Å²) < 4.78 is 64.0. The quantitative estimate of drug-likeness (QED) is 0.608. The van der Waals surface area contributed by atoms with Crippen molar-refractivity contribution in [2.24, 2.45) is 5.92 Å². The third-order valence-corrected chi connectivity index (χ3v) is 9.06. The second-order valence-electron chi connectivity index (χ2n) is 8.20. The van der Waals surface area contributed by atoms with Gasteiger partial charge in [-0.2, -0.15) is 0 Å². The van der Waals surface area contributed by atoms with Crippen LogP contribution in [0.25, 0.3) is 0 Å². The Morgan fingerprint density at radius 2 is 1.73 bits per heavy atom. The first-order valence-corrected chi connectivity index (χ1v) is 14.3. The number of piperidine rings is 1. The Labute approximate surface area is 198 Å². The molecular formula is C22H26ClFN2O5S2. The van der Waals surface area contributed by atoms with E-state index < -0.39 is 31.4 Å². The fourth-order valence-corrected chi connectivity index (χ4v) is 6.31. The number of amides is 1. The predicted octanol–water partition coefficient (Wildman–Crippen LogP) is 3.30. The number of nitrogens with one attached hydrogen (secondary N) is 1. The van der Waals surface area contributed by atoms with Crippen LogP contribution in [0.5, 0.6) is 0 Å². The molecule has 0 unspecified atom stereocenters. The monoisotopic (exact) mass is 516 g/mol. The normalized spacial score (nSPS) is 17.0. The molecule has 2 aromatic carbocycles. The van der Waals surface area contributed by atoms with Crippen molar-refractivity contribution in [2.45, 2.75) is 36.5 Å². The first kappa shape index (κ1) is 25.6. The molecule has 0 aliphatic carbocycles. The molecule has 7 nitrogen and oxygen atoms in total. The van der Waals surface area contributed by atoms with Crippen LogP contribution in [0.4, 0.5) is 4.39 Å². The van der Waals surface area contributed by atoms with Crippen LogP contribution in [0.2, 0.25) is 5.02 Å². The van der Waals surface area contributed by atoms with E-state index in [1.54, 1.807) is 19.1 Å². The highest BCUT2D eigenvalue weighted by Gasteiger charge is 2.32. The predicted molar refractivity (Wildman–Crippen MR) is 124 cm³/mol. The van der Waals surface area contributed by atoms with Crippen molar-refractivity contribution in [3.05, 3.63) is 64.4 Å². The number of carbonyl (C=O) groups is 1. The number of nitrogens with zero attached hydrogens (tertiary/aromatic N) is 1. The summed E-state index contributed by atoms with van der Waals surface area (Å²) in [6, 6.07) is 10.0. The molecule has 2 aromatic rings. The van der Waals surface area contributed by atoms with Crippen LogP contribution in [0.3, 0.4) is 0 Å². The van der Waals surface area contributed by atoms with Gasteiger partial charge in [-0.05, 0) is 49.6 Å². The number of sulfonamides is 1. The highest BCUT2D eigenvalue weighted by Crippen LogP contribution is 2.26. The lowest BCUT2D eigenvalue weighted by Gasteiger charge is -2.31. The molecule has 0 bridgehead atoms. The van der Waals surface area contributed by atoms with Crippen LogP contribution in [-0.2, 0) is 30.4 Å². The van der Waals surface area contributed by atoms with Crippen molar-refractivity contribution >= 4 is 37.4 Å². The van der Waals surface area contributed by atoms with Gasteiger partial charge in [0, 0.05) is 35.8 Å². The zero-order chi connectivity index (χ0) is 24.4. The van der Waals surface area contributed by atoms with Gasteiger partial charge in [-0.1, -0.05) is 29.8 Å². The summed E-state index contributed by atoms with van der Waals surface area (Å²) in [5.41, 5.74) is 0.701. The van der Waals surface area contributed by atoms with Gasteiger partial charge in [0.2, 0.25) is 15.9 Å². The summed E-state index contributed by atoms with van der Waals surface area (Å²) in [5, 5.41) is 2.97. The zero-order valence-electron chi connectivity index (χ0n) is 18.3. The minimum absolute atomic E-state index is 0.0604. The topological polar surface area (TPSA) is 101 Å². The molecule has 11 heteroatoms. The standard InChI is InChI=1S/C22H26ClFN2O5S2/c1-15(16-6-8-18(9-7-16)32(2,28)29)25-22(27)17-10-12-26(13-11-17)33(30,31)14-19-20(23)4-3-5-21(19)24/h3-9,15,17H,10-14H2,1-2H3,(H,25,27)/t15-/m0/s1. The number of benzene rings is 2. The second-order valence-corrected chi connectivity index (χ2v) is 12.6. The molecule has 1 aliphatic rings. The van der Waals surface area contributed by atoms with Crippen LogP contribution >= 0.6 is 11.6 Å². The average molecular weight is 517 g/mol. The van der Waals surface area contributed by atoms with E-state index in [0.717, 1.165) is 11.8 Å². The lowest BCUT2D eigenvalue weighted by atomic mass is 9.96. The lowest BCUT2D eigenvalue weighted by Crippen LogP contribution is -2.43. The third kappa shape index (κ3) is 6.32. The van der Waals surface area contributed by atoms with E-state index >= 15 is 0 Å². The van der Waals surface area contributed by atoms with Gasteiger partial charge in [0.25, 0.3) is 0 Å². The van der Waals surface area contributed by atoms with Gasteiger partial charge in [0.15, 0.2) is 9.84 Å². The van der Waals surface area contributed by atoms with Crippen molar-refractivity contribution in [2.75, 3.05) is 19.3 Å². The van der Waals surface area contributed by atoms with Gasteiger partial charge >= 0.3 is 0 Å². The van der Waals surface area contributed by atoms with E-state index in [4.69, 9.17) is 11.6 Å². The Bertz CT molecular complexity index is 1210. The number of rotatable bonds is 7. The van der Waals surface area contributed by atoms with Crippen LogP contribution in [0.1, 0.15) is 36.9 Å². The lowest BCUT2D eigenvalue weighted by molar-refractivity contribution is -0.126. The van der Waals surface area contributed by atoms with Gasteiger partial charge in [-0.25, -0.2) is 25.5 Å². The maximum absolute atomic E-state index is 14.0. The maximum Gasteiger partial charge on any atom is 0.223 e. The minimum Gasteiger partial charge on any atom is -0.349 e. The van der Waals surface area contributed by atoms with Crippen LogP contribution in [0, 0.1) is 11.7 Å². The van der Waals surface area contributed by atoms with E-state index in [2.05, 4.69) is 5.32 Å². The number of sulfone groups is 1. The largest absolute Gasteiger partial charge is 0.349 e. The molecule has 33 heavy (non-hydrogen) atoms. The van der Waals surface area contributed by atoms with Crippen LogP contribution < -0.4 is 5.32 Å². The van der Waals surface area contributed by atoms with Gasteiger partial charge in [0.1, 0.15) is 5.82 Å². The van der Waals surface area contributed by atoms with E-state index in [1.165, 1.54) is 34.6 Å². The van der Waals surface area contributed by atoms with E-state index in [-0.39, 0.29) is 46.4 Å². The van der Waals surface area contributed by atoms with Crippen molar-refractivity contribution in [3.63, 3.8) is 0 Å². The maximum atomic E-state index is 14.0. The number of hydrogen-bond donors (Lipinski definition) is 1. The number of halogens is 2. The Morgan fingerprint density at radius 1 is 1.12 bits per heavy atom. The summed E-state index contributed by atoms with van der Waals surface area (Å²) in [6.45, 7) is 2.11. The van der Waals surface area contributed by atoms with Gasteiger partial charge in [0.05, 0.1) is 16.7 Å². The van der Waals surface area contributed by atoms with Crippen LogP contribution in [-0.4, -0.2) is 46.4 Å². The molecule has 1 saturated heterocycles. The molecule has 0 saturated carbocycles. The highest BCUT2D eigenvalue weighted by molar-refractivity contribution is 7.90. The highest BCUT2D eigenvalue weighted by atomic mass is 35.5. The summed E-state index contributed by atoms with van der Waals surface area (Å²) in [5.74, 6) is -1.75. The van der Waals surface area contributed by atoms with Gasteiger partial charge in [-0.15, -0.1) is 0 Å². The molecular weight excluding hydrogens is 491 g/mol. The Balaban J connectivity index is 1.57. The zero-order valence-corrected chi connectivity index (χ0v) is 20.7. The van der Waals surface area contributed by atoms with Crippen LogP contribution in [0.15, 0.2) is 47.4 Å². The Morgan fingerprint density at radius 3 is 2.27 bits per heavy atom. The molecule has 1 fully saturated rings. The molecule has 1 N–H and O–H groups in total. The first-order valence-electron chi connectivity index (χ1n) is 10.4. The Hall–Kier alpha value is -2.01. The van der Waals surface area contributed by atoms with Crippen molar-refractivity contribution in [1.29, 1.82) is 0 Å². The third-order valence-electron chi connectivity index (χ3n) is 5.77. The van der Waals surface area contributed by atoms with Crippen molar-refractivity contribution < 1.29 is 26.0 Å². The van der Waals surface area contributed by atoms with Crippen molar-refractivity contribution in [1.82, 2.24) is 9.62 Å². The average Bonchev–Trinajstić information content (AvgIpc) is 2.76. The second kappa shape index (κ2) is 10.1. The Kier molecular flexibility index (Phi) is 7.83. The van der Waals surface area contributed by atoms with E-state index in [0.29, 0.717) is 12.8 Å². The van der Waals surface area contributed by atoms with Crippen molar-refractivity contribution in [3.8, 4) is 0 Å². The molecule has 0 aromatic heterocycles. The smallest absolute Gasteiger partial charge is 0.223 e. The fourth-order valence-electron chi connectivity index (χ4n) is 3.76. The van der Waals surface area contributed by atoms with E-state index in [1.807, 2.05) is 0 Å². The molecule has 3 rings (SSSR count). The molecule has 1 heterocycles. The van der Waals surface area contributed by atoms with Gasteiger partial charge < -0.3 is 5.32 Å². The summed E-state index contributed by atoms with van der Waals surface area (Å²) in [4.78, 5) is 12.9. The number of carbonyl (C=O) groups excluding carboxylic acids is 1. The molecule has 1 atom stereocenters. The molecule has 1 amide bonds. The van der Waals surface area contributed by atoms with Gasteiger partial charge in [-0.3, -0.25) is 4.79 Å². The number of hydrogen-bond acceptors (Lipinski definition) is 5. The molecule has 0 radical (unpaired) electrons. The molecule has 0 spiro atoms. The fraction of sp³-hybridized carbons (Fsp3) is 0.409. The molecule has 1 aliphatic heterocycles. The minimum atomic E-state index is -3.78. The summed E-state index contributed by atoms with van der Waals surface area (Å²) >= 11 is 5.96. The summed E-state index contributed by atoms with van der Waals surface area (Å²) in [6.07, 6.45) is 1.82. The first-order chi connectivity index (χ1) is 15.4. The SMILES string of the molecule is C[C@H](NC(=O)C1CCN(S(=O)(=O)Cc2c(F)cccc2Cl)CC1)c1ccc(S(C)(=O)=O)cc1. The summed E-state index contributed by atoms with van der Waals surface area (Å²) in [7, 11) is -7.08. The molecule has 180 valence electrons. The van der Waals surface area contributed by atoms with E-state index in [9.17, 15) is 26.0 Å².